The largest absolute Gasteiger partial charge is 0.491 e. The molecule has 0 bridgehead atoms. The van der Waals surface area contributed by atoms with Gasteiger partial charge in [-0.05, 0) is 44.2 Å². The number of carbonyl (C=O) groups excluding carboxylic acids is 1. The molecule has 148 valence electrons. The van der Waals surface area contributed by atoms with E-state index in [0.717, 1.165) is 5.76 Å². The maximum absolute atomic E-state index is 12.6. The molecule has 1 fully saturated rings. The molecule has 0 radical (unpaired) electrons. The van der Waals surface area contributed by atoms with Crippen molar-refractivity contribution < 1.29 is 19.1 Å². The fraction of sp³-hybridized carbons (Fsp3) is 0.429. The standard InChI is InChI=1S/C21H25N3O4/c1-15-11-20(16(2)28-15)21(26)24-9-7-23(8-10-24)13-18(25)14-27-19-5-3-17(12-22)4-6-19/h3-6,11,18,25H,7-10,13-14H2,1-2H3. The Balaban J connectivity index is 1.42. The third-order valence-electron chi connectivity index (χ3n) is 4.83. The number of aliphatic hydroxyl groups excluding tert-OH is 1. The summed E-state index contributed by atoms with van der Waals surface area (Å²) in [4.78, 5) is 16.6. The normalized spacial score (nSPS) is 15.9. The van der Waals surface area contributed by atoms with Crippen molar-refractivity contribution >= 4 is 5.91 Å². The van der Waals surface area contributed by atoms with Crippen molar-refractivity contribution in [3.05, 3.63) is 53.0 Å². The minimum Gasteiger partial charge on any atom is -0.491 e. The molecule has 1 atom stereocenters. The van der Waals surface area contributed by atoms with Gasteiger partial charge in [-0.1, -0.05) is 0 Å². The Labute approximate surface area is 164 Å². The molecule has 0 aliphatic carbocycles. The number of rotatable bonds is 6. The van der Waals surface area contributed by atoms with Crippen LogP contribution in [0.25, 0.3) is 0 Å². The molecular formula is C21H25N3O4. The number of β-amino-alcohol motifs (C(OH)–C–C–N with tert-alkyl or cyclic N) is 1. The van der Waals surface area contributed by atoms with E-state index in [1.54, 1.807) is 37.3 Å². The van der Waals surface area contributed by atoms with Gasteiger partial charge >= 0.3 is 0 Å². The van der Waals surface area contributed by atoms with Gasteiger partial charge in [0.25, 0.3) is 5.91 Å². The Morgan fingerprint density at radius 3 is 2.50 bits per heavy atom. The molecule has 1 saturated heterocycles. The van der Waals surface area contributed by atoms with Gasteiger partial charge in [0.2, 0.25) is 0 Å². The van der Waals surface area contributed by atoms with Crippen LogP contribution < -0.4 is 4.74 Å². The van der Waals surface area contributed by atoms with E-state index in [9.17, 15) is 9.90 Å². The van der Waals surface area contributed by atoms with Gasteiger partial charge in [-0.15, -0.1) is 0 Å². The third-order valence-corrected chi connectivity index (χ3v) is 4.83. The van der Waals surface area contributed by atoms with Crippen LogP contribution in [0.3, 0.4) is 0 Å². The zero-order valence-corrected chi connectivity index (χ0v) is 16.2. The highest BCUT2D eigenvalue weighted by atomic mass is 16.5. The molecular weight excluding hydrogens is 358 g/mol. The predicted octanol–water partition coefficient (Wildman–Crippen LogP) is 1.97. The molecule has 2 heterocycles. The molecule has 2 aromatic rings. The second-order valence-corrected chi connectivity index (χ2v) is 7.02. The number of hydrogen-bond acceptors (Lipinski definition) is 6. The molecule has 1 aromatic heterocycles. The summed E-state index contributed by atoms with van der Waals surface area (Å²) in [6, 6.07) is 10.6. The van der Waals surface area contributed by atoms with Crippen molar-refractivity contribution in [1.29, 1.82) is 5.26 Å². The number of nitriles is 1. The Morgan fingerprint density at radius 2 is 1.93 bits per heavy atom. The average molecular weight is 383 g/mol. The maximum Gasteiger partial charge on any atom is 0.257 e. The van der Waals surface area contributed by atoms with Gasteiger partial charge in [-0.25, -0.2) is 0 Å². The molecule has 1 aliphatic rings. The Bertz CT molecular complexity index is 846. The first-order chi connectivity index (χ1) is 13.5. The lowest BCUT2D eigenvalue weighted by Gasteiger charge is -2.35. The van der Waals surface area contributed by atoms with Gasteiger partial charge in [0.05, 0.1) is 17.2 Å². The Kier molecular flexibility index (Phi) is 6.34. The third kappa shape index (κ3) is 4.91. The Hall–Kier alpha value is -2.82. The van der Waals surface area contributed by atoms with Crippen molar-refractivity contribution in [3.8, 4) is 11.8 Å². The summed E-state index contributed by atoms with van der Waals surface area (Å²) in [5, 5.41) is 19.0. The van der Waals surface area contributed by atoms with E-state index >= 15 is 0 Å². The molecule has 28 heavy (non-hydrogen) atoms. The maximum atomic E-state index is 12.6. The van der Waals surface area contributed by atoms with Gasteiger partial charge in [0.15, 0.2) is 0 Å². The number of carbonyl (C=O) groups is 1. The van der Waals surface area contributed by atoms with Crippen molar-refractivity contribution in [1.82, 2.24) is 9.80 Å². The summed E-state index contributed by atoms with van der Waals surface area (Å²) in [6.45, 7) is 6.95. The van der Waals surface area contributed by atoms with E-state index < -0.39 is 6.10 Å². The van der Waals surface area contributed by atoms with E-state index in [2.05, 4.69) is 11.0 Å². The molecule has 3 rings (SSSR count). The summed E-state index contributed by atoms with van der Waals surface area (Å²) in [5.74, 6) is 2.02. The number of amides is 1. The van der Waals surface area contributed by atoms with E-state index in [4.69, 9.17) is 14.4 Å². The minimum absolute atomic E-state index is 0.00121. The molecule has 1 aromatic carbocycles. The quantitative estimate of drug-likeness (QED) is 0.820. The van der Waals surface area contributed by atoms with Crippen LogP contribution in [-0.2, 0) is 0 Å². The van der Waals surface area contributed by atoms with Crippen LogP contribution >= 0.6 is 0 Å². The zero-order valence-electron chi connectivity index (χ0n) is 16.2. The fourth-order valence-electron chi connectivity index (χ4n) is 3.32. The van der Waals surface area contributed by atoms with Crippen molar-refractivity contribution in [2.24, 2.45) is 0 Å². The minimum atomic E-state index is -0.628. The summed E-state index contributed by atoms with van der Waals surface area (Å²) in [5.41, 5.74) is 1.20. The molecule has 0 spiro atoms. The molecule has 1 aliphatic heterocycles. The first-order valence-corrected chi connectivity index (χ1v) is 9.36. The lowest BCUT2D eigenvalue weighted by Crippen LogP contribution is -2.51. The second-order valence-electron chi connectivity index (χ2n) is 7.02. The second kappa shape index (κ2) is 8.91. The van der Waals surface area contributed by atoms with Crippen LogP contribution in [0, 0.1) is 25.2 Å². The van der Waals surface area contributed by atoms with E-state index in [1.165, 1.54) is 0 Å². The smallest absolute Gasteiger partial charge is 0.257 e. The lowest BCUT2D eigenvalue weighted by molar-refractivity contribution is 0.0403. The van der Waals surface area contributed by atoms with E-state index in [1.807, 2.05) is 11.8 Å². The number of benzene rings is 1. The molecule has 1 amide bonds. The van der Waals surface area contributed by atoms with Crippen LogP contribution in [0.4, 0.5) is 0 Å². The van der Waals surface area contributed by atoms with E-state index in [0.29, 0.717) is 55.4 Å². The first-order valence-electron chi connectivity index (χ1n) is 9.36. The van der Waals surface area contributed by atoms with Crippen molar-refractivity contribution in [2.45, 2.75) is 20.0 Å². The Morgan fingerprint density at radius 1 is 1.25 bits per heavy atom. The first kappa shape index (κ1) is 19.9. The number of aliphatic hydroxyl groups is 1. The zero-order chi connectivity index (χ0) is 20.1. The topological polar surface area (TPSA) is 89.9 Å². The highest BCUT2D eigenvalue weighted by Gasteiger charge is 2.25. The fourth-order valence-corrected chi connectivity index (χ4v) is 3.32. The molecule has 0 saturated carbocycles. The van der Waals surface area contributed by atoms with Crippen LogP contribution in [0.5, 0.6) is 5.75 Å². The summed E-state index contributed by atoms with van der Waals surface area (Å²) < 4.78 is 11.0. The summed E-state index contributed by atoms with van der Waals surface area (Å²) >= 11 is 0. The number of piperazine rings is 1. The van der Waals surface area contributed by atoms with Gasteiger partial charge in [0.1, 0.15) is 30.0 Å². The number of ether oxygens (including phenoxy) is 1. The van der Waals surface area contributed by atoms with Crippen LogP contribution in [0.15, 0.2) is 34.7 Å². The SMILES string of the molecule is Cc1cc(C(=O)N2CCN(CC(O)COc3ccc(C#N)cc3)CC2)c(C)o1. The predicted molar refractivity (Wildman–Crippen MR) is 103 cm³/mol. The van der Waals surface area contributed by atoms with Crippen molar-refractivity contribution in [2.75, 3.05) is 39.3 Å². The monoisotopic (exact) mass is 383 g/mol. The van der Waals surface area contributed by atoms with Gasteiger partial charge < -0.3 is 19.2 Å². The number of furan rings is 1. The van der Waals surface area contributed by atoms with Crippen LogP contribution in [-0.4, -0.2) is 66.2 Å². The molecule has 1 unspecified atom stereocenters. The number of hydrogen-bond donors (Lipinski definition) is 1. The van der Waals surface area contributed by atoms with Gasteiger partial charge in [0, 0.05) is 32.7 Å². The van der Waals surface area contributed by atoms with Crippen LogP contribution in [0.2, 0.25) is 0 Å². The summed E-state index contributed by atoms with van der Waals surface area (Å²) in [7, 11) is 0. The average Bonchev–Trinajstić information content (AvgIpc) is 3.05. The van der Waals surface area contributed by atoms with Gasteiger partial charge in [-0.3, -0.25) is 9.69 Å². The molecule has 1 N–H and O–H groups in total. The molecule has 7 nitrogen and oxygen atoms in total. The summed E-state index contributed by atoms with van der Waals surface area (Å²) in [6.07, 6.45) is -0.628. The van der Waals surface area contributed by atoms with E-state index in [-0.39, 0.29) is 12.5 Å². The highest BCUT2D eigenvalue weighted by Crippen LogP contribution is 2.17. The number of nitrogens with zero attached hydrogens (tertiary/aromatic N) is 3. The van der Waals surface area contributed by atoms with Crippen molar-refractivity contribution in [3.63, 3.8) is 0 Å². The van der Waals surface area contributed by atoms with Crippen LogP contribution in [0.1, 0.15) is 27.4 Å². The van der Waals surface area contributed by atoms with Gasteiger partial charge in [-0.2, -0.15) is 5.26 Å². The number of aryl methyl sites for hydroxylation is 2. The lowest BCUT2D eigenvalue weighted by atomic mass is 10.2. The highest BCUT2D eigenvalue weighted by molar-refractivity contribution is 5.95. The molecule has 7 heteroatoms.